The molecule has 144 valence electrons. The van der Waals surface area contributed by atoms with Gasteiger partial charge in [-0.3, -0.25) is 9.52 Å². The predicted molar refractivity (Wildman–Crippen MR) is 107 cm³/mol. The fourth-order valence-corrected chi connectivity index (χ4v) is 4.34. The molecule has 1 fully saturated rings. The zero-order valence-corrected chi connectivity index (χ0v) is 16.5. The van der Waals surface area contributed by atoms with E-state index in [9.17, 15) is 13.2 Å². The van der Waals surface area contributed by atoms with E-state index >= 15 is 0 Å². The molecule has 0 saturated carbocycles. The van der Waals surface area contributed by atoms with Gasteiger partial charge in [0.1, 0.15) is 0 Å². The van der Waals surface area contributed by atoms with E-state index in [2.05, 4.69) is 11.6 Å². The maximum absolute atomic E-state index is 12.7. The minimum atomic E-state index is -3.74. The van der Waals surface area contributed by atoms with Crippen molar-refractivity contribution >= 4 is 21.6 Å². The summed E-state index contributed by atoms with van der Waals surface area (Å²) in [5.41, 5.74) is 2.12. The minimum Gasteiger partial charge on any atom is -0.339 e. The minimum absolute atomic E-state index is 0.0996. The van der Waals surface area contributed by atoms with Crippen molar-refractivity contribution in [2.24, 2.45) is 0 Å². The summed E-state index contributed by atoms with van der Waals surface area (Å²) in [6.07, 6.45) is 5.23. The van der Waals surface area contributed by atoms with Crippen LogP contribution in [0.25, 0.3) is 0 Å². The lowest BCUT2D eigenvalue weighted by molar-refractivity contribution is 0.0792. The van der Waals surface area contributed by atoms with Gasteiger partial charge in [-0.05, 0) is 61.6 Å². The summed E-state index contributed by atoms with van der Waals surface area (Å²) >= 11 is 0. The molecule has 6 heteroatoms. The molecule has 0 aromatic heterocycles. The van der Waals surface area contributed by atoms with Gasteiger partial charge < -0.3 is 4.90 Å². The smallest absolute Gasteiger partial charge is 0.261 e. The van der Waals surface area contributed by atoms with Crippen LogP contribution in [0.4, 0.5) is 5.69 Å². The molecule has 1 aliphatic rings. The molecule has 1 heterocycles. The number of rotatable bonds is 7. The molecule has 0 atom stereocenters. The first-order valence-electron chi connectivity index (χ1n) is 9.51. The second kappa shape index (κ2) is 8.57. The highest BCUT2D eigenvalue weighted by Crippen LogP contribution is 2.20. The molecule has 1 amide bonds. The molecular formula is C21H26N2O3S. The van der Waals surface area contributed by atoms with Gasteiger partial charge in [0.05, 0.1) is 4.90 Å². The number of carbonyl (C=O) groups is 1. The first kappa shape index (κ1) is 19.4. The molecule has 1 aliphatic heterocycles. The SMILES string of the molecule is CCCCc1ccc(NS(=O)(=O)c2cccc(C(=O)N3CCCC3)c2)cc1. The molecular weight excluding hydrogens is 360 g/mol. The third-order valence-corrected chi connectivity index (χ3v) is 6.19. The van der Waals surface area contributed by atoms with Crippen molar-refractivity contribution in [3.63, 3.8) is 0 Å². The average molecular weight is 387 g/mol. The zero-order valence-electron chi connectivity index (χ0n) is 15.6. The second-order valence-electron chi connectivity index (χ2n) is 6.93. The van der Waals surface area contributed by atoms with Crippen LogP contribution in [0.15, 0.2) is 53.4 Å². The maximum Gasteiger partial charge on any atom is 0.261 e. The van der Waals surface area contributed by atoms with Crippen LogP contribution in [-0.2, 0) is 16.4 Å². The molecule has 2 aromatic rings. The summed E-state index contributed by atoms with van der Waals surface area (Å²) in [7, 11) is -3.74. The van der Waals surface area contributed by atoms with Crippen molar-refractivity contribution in [1.82, 2.24) is 4.90 Å². The van der Waals surface area contributed by atoms with Gasteiger partial charge in [-0.25, -0.2) is 8.42 Å². The Morgan fingerprint density at radius 2 is 1.78 bits per heavy atom. The van der Waals surface area contributed by atoms with Crippen LogP contribution in [-0.4, -0.2) is 32.3 Å². The molecule has 0 unspecified atom stereocenters. The van der Waals surface area contributed by atoms with Crippen LogP contribution in [0.1, 0.15) is 48.5 Å². The number of sulfonamides is 1. The molecule has 0 radical (unpaired) electrons. The number of likely N-dealkylation sites (tertiary alicyclic amines) is 1. The number of aryl methyl sites for hydroxylation is 1. The number of anilines is 1. The van der Waals surface area contributed by atoms with E-state index in [4.69, 9.17) is 0 Å². The van der Waals surface area contributed by atoms with Crippen LogP contribution in [0.3, 0.4) is 0 Å². The maximum atomic E-state index is 12.7. The van der Waals surface area contributed by atoms with Crippen LogP contribution in [0.2, 0.25) is 0 Å². The molecule has 1 saturated heterocycles. The van der Waals surface area contributed by atoms with Gasteiger partial charge >= 0.3 is 0 Å². The number of unbranched alkanes of at least 4 members (excludes halogenated alkanes) is 1. The van der Waals surface area contributed by atoms with Crippen LogP contribution < -0.4 is 4.72 Å². The van der Waals surface area contributed by atoms with Gasteiger partial charge in [-0.1, -0.05) is 31.5 Å². The van der Waals surface area contributed by atoms with E-state index in [1.165, 1.54) is 17.7 Å². The fourth-order valence-electron chi connectivity index (χ4n) is 3.23. The Labute approximate surface area is 161 Å². The van der Waals surface area contributed by atoms with E-state index in [0.29, 0.717) is 11.3 Å². The predicted octanol–water partition coefficient (Wildman–Crippen LogP) is 4.07. The van der Waals surface area contributed by atoms with Crippen molar-refractivity contribution < 1.29 is 13.2 Å². The number of carbonyl (C=O) groups excluding carboxylic acids is 1. The highest BCUT2D eigenvalue weighted by atomic mass is 32.2. The van der Waals surface area contributed by atoms with E-state index in [1.807, 2.05) is 12.1 Å². The molecule has 0 bridgehead atoms. The van der Waals surface area contributed by atoms with Crippen molar-refractivity contribution in [1.29, 1.82) is 0 Å². The summed E-state index contributed by atoms with van der Waals surface area (Å²) in [5, 5.41) is 0. The van der Waals surface area contributed by atoms with E-state index in [-0.39, 0.29) is 10.8 Å². The number of hydrogen-bond donors (Lipinski definition) is 1. The lowest BCUT2D eigenvalue weighted by Crippen LogP contribution is -2.27. The molecule has 3 rings (SSSR count). The third-order valence-electron chi connectivity index (χ3n) is 4.81. The van der Waals surface area contributed by atoms with E-state index < -0.39 is 10.0 Å². The largest absolute Gasteiger partial charge is 0.339 e. The highest BCUT2D eigenvalue weighted by molar-refractivity contribution is 7.92. The fraction of sp³-hybridized carbons (Fsp3) is 0.381. The normalized spacial score (nSPS) is 14.3. The quantitative estimate of drug-likeness (QED) is 0.780. The molecule has 27 heavy (non-hydrogen) atoms. The summed E-state index contributed by atoms with van der Waals surface area (Å²) in [6.45, 7) is 3.61. The standard InChI is InChI=1S/C21H26N2O3S/c1-2-3-7-17-10-12-19(13-11-17)22-27(25,26)20-9-6-8-18(16-20)21(24)23-14-4-5-15-23/h6,8-13,16,22H,2-5,7,14-15H2,1H3. The van der Waals surface area contributed by atoms with Gasteiger partial charge in [0.2, 0.25) is 0 Å². The van der Waals surface area contributed by atoms with Crippen LogP contribution in [0.5, 0.6) is 0 Å². The second-order valence-corrected chi connectivity index (χ2v) is 8.62. The van der Waals surface area contributed by atoms with Crippen molar-refractivity contribution in [3.05, 3.63) is 59.7 Å². The Morgan fingerprint density at radius 3 is 2.44 bits per heavy atom. The van der Waals surface area contributed by atoms with Crippen molar-refractivity contribution in [2.75, 3.05) is 17.8 Å². The highest BCUT2D eigenvalue weighted by Gasteiger charge is 2.22. The lowest BCUT2D eigenvalue weighted by atomic mass is 10.1. The van der Waals surface area contributed by atoms with Gasteiger partial charge in [-0.2, -0.15) is 0 Å². The molecule has 0 aliphatic carbocycles. The molecule has 1 N–H and O–H groups in total. The van der Waals surface area contributed by atoms with Crippen molar-refractivity contribution in [3.8, 4) is 0 Å². The number of nitrogens with one attached hydrogen (secondary N) is 1. The van der Waals surface area contributed by atoms with Crippen molar-refractivity contribution in [2.45, 2.75) is 43.9 Å². The Morgan fingerprint density at radius 1 is 1.07 bits per heavy atom. The number of hydrogen-bond acceptors (Lipinski definition) is 3. The molecule has 5 nitrogen and oxygen atoms in total. The zero-order chi connectivity index (χ0) is 19.3. The van der Waals surface area contributed by atoms with Gasteiger partial charge in [0.25, 0.3) is 15.9 Å². The molecule has 0 spiro atoms. The first-order valence-corrected chi connectivity index (χ1v) is 11.0. The summed E-state index contributed by atoms with van der Waals surface area (Å²) in [4.78, 5) is 14.4. The lowest BCUT2D eigenvalue weighted by Gasteiger charge is -2.16. The van der Waals surface area contributed by atoms with Gasteiger partial charge in [0.15, 0.2) is 0 Å². The number of benzene rings is 2. The summed E-state index contributed by atoms with van der Waals surface area (Å²) < 4.78 is 28.0. The van der Waals surface area contributed by atoms with Crippen LogP contribution >= 0.6 is 0 Å². The van der Waals surface area contributed by atoms with Gasteiger partial charge in [-0.15, -0.1) is 0 Å². The Bertz CT molecular complexity index is 886. The Kier molecular flexibility index (Phi) is 6.16. The number of amides is 1. The monoisotopic (exact) mass is 386 g/mol. The van der Waals surface area contributed by atoms with E-state index in [1.54, 1.807) is 29.2 Å². The molecule has 2 aromatic carbocycles. The average Bonchev–Trinajstić information content (AvgIpc) is 3.21. The summed E-state index contributed by atoms with van der Waals surface area (Å²) in [6, 6.07) is 13.7. The van der Waals surface area contributed by atoms with E-state index in [0.717, 1.165) is 45.2 Å². The Balaban J connectivity index is 1.74. The first-order chi connectivity index (χ1) is 13.0. The summed E-state index contributed by atoms with van der Waals surface area (Å²) in [5.74, 6) is -0.107. The topological polar surface area (TPSA) is 66.5 Å². The van der Waals surface area contributed by atoms with Gasteiger partial charge in [0, 0.05) is 24.3 Å². The van der Waals surface area contributed by atoms with Crippen LogP contribution in [0, 0.1) is 0 Å². The third kappa shape index (κ3) is 4.89. The number of nitrogens with zero attached hydrogens (tertiary/aromatic N) is 1. The Hall–Kier alpha value is -2.34.